The van der Waals surface area contributed by atoms with Crippen molar-refractivity contribution < 1.29 is 0 Å². The van der Waals surface area contributed by atoms with Crippen molar-refractivity contribution in [3.63, 3.8) is 0 Å². The molecule has 4 bridgehead atoms. The molecule has 4 fully saturated rings. The average Bonchev–Trinajstić information content (AvgIpc) is 2.32. The average molecular weight is 287 g/mol. The van der Waals surface area contributed by atoms with E-state index in [1.807, 2.05) is 0 Å². The SMILES string of the molecule is NCCSC12CC3CC(C1)CC(SCCN)(C3)C2. The zero-order valence-corrected chi connectivity index (χ0v) is 12.8. The van der Waals surface area contributed by atoms with E-state index in [9.17, 15) is 0 Å². The first-order valence-corrected chi connectivity index (χ1v) is 9.34. The first-order chi connectivity index (χ1) is 8.69. The molecule has 104 valence electrons. The Bertz CT molecular complexity index is 268. The Labute approximate surface area is 119 Å². The van der Waals surface area contributed by atoms with Crippen LogP contribution >= 0.6 is 23.5 Å². The van der Waals surface area contributed by atoms with Gasteiger partial charge in [-0.1, -0.05) is 0 Å². The fraction of sp³-hybridized carbons (Fsp3) is 1.00. The fourth-order valence-electron chi connectivity index (χ4n) is 4.98. The van der Waals surface area contributed by atoms with Gasteiger partial charge in [-0.25, -0.2) is 0 Å². The molecule has 0 atom stereocenters. The van der Waals surface area contributed by atoms with Crippen molar-refractivity contribution in [1.29, 1.82) is 0 Å². The molecule has 0 aromatic rings. The van der Waals surface area contributed by atoms with Gasteiger partial charge in [0.1, 0.15) is 0 Å². The lowest BCUT2D eigenvalue weighted by Gasteiger charge is -2.61. The monoisotopic (exact) mass is 286 g/mol. The van der Waals surface area contributed by atoms with Gasteiger partial charge in [-0.05, 0) is 50.4 Å². The Morgan fingerprint density at radius 2 is 1.28 bits per heavy atom. The highest BCUT2D eigenvalue weighted by Gasteiger charge is 2.57. The van der Waals surface area contributed by atoms with E-state index in [0.29, 0.717) is 9.49 Å². The second-order valence-electron chi connectivity index (χ2n) is 6.60. The maximum atomic E-state index is 5.73. The summed E-state index contributed by atoms with van der Waals surface area (Å²) >= 11 is 4.39. The van der Waals surface area contributed by atoms with Crippen molar-refractivity contribution in [2.45, 2.75) is 48.0 Å². The molecule has 0 aromatic heterocycles. The van der Waals surface area contributed by atoms with Crippen LogP contribution in [0.3, 0.4) is 0 Å². The van der Waals surface area contributed by atoms with Crippen LogP contribution < -0.4 is 11.5 Å². The molecular formula is C14H26N2S2. The van der Waals surface area contributed by atoms with E-state index in [1.165, 1.54) is 38.5 Å². The van der Waals surface area contributed by atoms with E-state index >= 15 is 0 Å². The lowest BCUT2D eigenvalue weighted by atomic mass is 9.55. The highest BCUT2D eigenvalue weighted by atomic mass is 32.2. The number of rotatable bonds is 6. The molecule has 2 nitrogen and oxygen atoms in total. The summed E-state index contributed by atoms with van der Waals surface area (Å²) in [5.41, 5.74) is 11.5. The van der Waals surface area contributed by atoms with Gasteiger partial charge in [0.25, 0.3) is 0 Å². The summed E-state index contributed by atoms with van der Waals surface area (Å²) < 4.78 is 1.18. The van der Waals surface area contributed by atoms with Crippen molar-refractivity contribution in [3.8, 4) is 0 Å². The topological polar surface area (TPSA) is 52.0 Å². The van der Waals surface area contributed by atoms with Gasteiger partial charge in [0.2, 0.25) is 0 Å². The molecule has 18 heavy (non-hydrogen) atoms. The van der Waals surface area contributed by atoms with Crippen LogP contribution in [-0.4, -0.2) is 34.1 Å². The number of thioether (sulfide) groups is 2. The van der Waals surface area contributed by atoms with Crippen LogP contribution in [0.2, 0.25) is 0 Å². The van der Waals surface area contributed by atoms with E-state index in [4.69, 9.17) is 11.5 Å². The van der Waals surface area contributed by atoms with E-state index in [1.54, 1.807) is 0 Å². The maximum Gasteiger partial charge on any atom is 0.0179 e. The Hall–Kier alpha value is 0.620. The molecule has 0 aliphatic heterocycles. The van der Waals surface area contributed by atoms with Gasteiger partial charge in [0.15, 0.2) is 0 Å². The third-order valence-electron chi connectivity index (χ3n) is 5.01. The second-order valence-corrected chi connectivity index (χ2v) is 9.73. The normalized spacial score (nSPS) is 45.7. The molecule has 4 aliphatic carbocycles. The van der Waals surface area contributed by atoms with Gasteiger partial charge < -0.3 is 11.5 Å². The third-order valence-corrected chi connectivity index (χ3v) is 8.07. The number of nitrogens with two attached hydrogens (primary N) is 2. The molecule has 4 rings (SSSR count). The Balaban J connectivity index is 1.75. The van der Waals surface area contributed by atoms with Crippen molar-refractivity contribution >= 4 is 23.5 Å². The van der Waals surface area contributed by atoms with Crippen molar-refractivity contribution in [1.82, 2.24) is 0 Å². The Morgan fingerprint density at radius 3 is 1.67 bits per heavy atom. The summed E-state index contributed by atoms with van der Waals surface area (Å²) in [6.07, 6.45) is 8.83. The predicted molar refractivity (Wildman–Crippen MR) is 83.2 cm³/mol. The number of hydrogen-bond acceptors (Lipinski definition) is 4. The van der Waals surface area contributed by atoms with Gasteiger partial charge in [0, 0.05) is 34.1 Å². The summed E-state index contributed by atoms with van der Waals surface area (Å²) in [5, 5.41) is 0. The van der Waals surface area contributed by atoms with Gasteiger partial charge in [-0.3, -0.25) is 0 Å². The zero-order valence-electron chi connectivity index (χ0n) is 11.2. The third kappa shape index (κ3) is 2.46. The first kappa shape index (κ1) is 13.6. The molecule has 4 aliphatic rings. The fourth-order valence-corrected chi connectivity index (χ4v) is 8.35. The van der Waals surface area contributed by atoms with Crippen LogP contribution in [0.1, 0.15) is 38.5 Å². The van der Waals surface area contributed by atoms with Crippen LogP contribution in [0.4, 0.5) is 0 Å². The summed E-state index contributed by atoms with van der Waals surface area (Å²) in [5.74, 6) is 4.30. The number of hydrogen-bond donors (Lipinski definition) is 2. The van der Waals surface area contributed by atoms with Crippen LogP contribution in [0, 0.1) is 11.8 Å². The minimum Gasteiger partial charge on any atom is -0.330 e. The molecule has 0 radical (unpaired) electrons. The summed E-state index contributed by atoms with van der Waals surface area (Å²) in [6, 6.07) is 0. The molecule has 4 heteroatoms. The summed E-state index contributed by atoms with van der Waals surface area (Å²) in [4.78, 5) is 0. The standard InChI is InChI=1S/C14H26N2S2/c15-1-3-17-13-6-11-5-12(7-13)9-14(8-11,10-13)18-4-2-16/h11-12H,1-10,15-16H2. The molecular weight excluding hydrogens is 260 g/mol. The largest absolute Gasteiger partial charge is 0.330 e. The van der Waals surface area contributed by atoms with E-state index in [-0.39, 0.29) is 0 Å². The van der Waals surface area contributed by atoms with E-state index in [0.717, 1.165) is 36.4 Å². The highest BCUT2D eigenvalue weighted by Crippen LogP contribution is 2.65. The van der Waals surface area contributed by atoms with Crippen LogP contribution in [0.5, 0.6) is 0 Å². The maximum absolute atomic E-state index is 5.73. The van der Waals surface area contributed by atoms with Crippen molar-refractivity contribution in [3.05, 3.63) is 0 Å². The van der Waals surface area contributed by atoms with Gasteiger partial charge in [0.05, 0.1) is 0 Å². The molecule has 0 saturated heterocycles. The Kier molecular flexibility index (Phi) is 3.92. The van der Waals surface area contributed by atoms with Crippen LogP contribution in [-0.2, 0) is 0 Å². The minimum atomic E-state index is 0.588. The first-order valence-electron chi connectivity index (χ1n) is 7.37. The molecule has 0 aromatic carbocycles. The van der Waals surface area contributed by atoms with Crippen LogP contribution in [0.15, 0.2) is 0 Å². The molecule has 0 amide bonds. The molecule has 0 heterocycles. The summed E-state index contributed by atoms with van der Waals surface area (Å²) in [6.45, 7) is 1.68. The zero-order chi connectivity index (χ0) is 12.6. The van der Waals surface area contributed by atoms with Crippen LogP contribution in [0.25, 0.3) is 0 Å². The highest BCUT2D eigenvalue weighted by molar-refractivity contribution is 8.01. The Morgan fingerprint density at radius 1 is 0.833 bits per heavy atom. The second kappa shape index (κ2) is 5.19. The smallest absolute Gasteiger partial charge is 0.0179 e. The van der Waals surface area contributed by atoms with Gasteiger partial charge in [-0.2, -0.15) is 23.5 Å². The van der Waals surface area contributed by atoms with E-state index in [2.05, 4.69) is 23.5 Å². The predicted octanol–water partition coefficient (Wildman–Crippen LogP) is 2.46. The summed E-state index contributed by atoms with van der Waals surface area (Å²) in [7, 11) is 0. The van der Waals surface area contributed by atoms with E-state index < -0.39 is 0 Å². The van der Waals surface area contributed by atoms with Gasteiger partial charge >= 0.3 is 0 Å². The lowest BCUT2D eigenvalue weighted by Crippen LogP contribution is -2.56. The minimum absolute atomic E-state index is 0.588. The molecule has 4 saturated carbocycles. The quantitative estimate of drug-likeness (QED) is 0.787. The van der Waals surface area contributed by atoms with Gasteiger partial charge in [-0.15, -0.1) is 0 Å². The molecule has 0 unspecified atom stereocenters. The lowest BCUT2D eigenvalue weighted by molar-refractivity contribution is 0.0575. The molecule has 4 N–H and O–H groups in total. The van der Waals surface area contributed by atoms with Crippen molar-refractivity contribution in [2.24, 2.45) is 23.3 Å². The van der Waals surface area contributed by atoms with Crippen molar-refractivity contribution in [2.75, 3.05) is 24.6 Å². The molecule has 0 spiro atoms.